The standard InChI is InChI=1S/C22H34N2O4/c1-6-7-10-24(18-13-16-8-9-17(14-18)23(16)2)22(25)15-11-19(26-3)21(28-5)20(12-15)27-4/h11-12,16-18H,6-10,13-14H2,1-5H3/t16-,17-/m1/s1. The van der Waals surface area contributed by atoms with E-state index in [-0.39, 0.29) is 5.91 Å². The predicted octanol–water partition coefficient (Wildman–Crippen LogP) is 3.58. The molecule has 2 aliphatic heterocycles. The molecule has 6 heteroatoms. The minimum absolute atomic E-state index is 0.0571. The fourth-order valence-electron chi connectivity index (χ4n) is 4.79. The van der Waals surface area contributed by atoms with Crippen molar-refractivity contribution in [3.8, 4) is 17.2 Å². The van der Waals surface area contributed by atoms with Crippen LogP contribution in [0.25, 0.3) is 0 Å². The Balaban J connectivity index is 1.89. The van der Waals surface area contributed by atoms with Gasteiger partial charge in [-0.2, -0.15) is 0 Å². The first kappa shape index (κ1) is 20.8. The lowest BCUT2D eigenvalue weighted by Gasteiger charge is -2.42. The first-order valence-electron chi connectivity index (χ1n) is 10.4. The maximum absolute atomic E-state index is 13.6. The zero-order valence-corrected chi connectivity index (χ0v) is 17.9. The van der Waals surface area contributed by atoms with E-state index in [9.17, 15) is 4.79 Å². The summed E-state index contributed by atoms with van der Waals surface area (Å²) in [5.74, 6) is 1.61. The van der Waals surface area contributed by atoms with Gasteiger partial charge in [0.2, 0.25) is 5.75 Å². The Morgan fingerprint density at radius 1 is 1.07 bits per heavy atom. The third-order valence-corrected chi connectivity index (χ3v) is 6.44. The Bertz CT molecular complexity index is 654. The van der Waals surface area contributed by atoms with Crippen molar-refractivity contribution >= 4 is 5.91 Å². The number of amides is 1. The molecule has 0 radical (unpaired) electrons. The van der Waals surface area contributed by atoms with Gasteiger partial charge in [-0.05, 0) is 51.3 Å². The van der Waals surface area contributed by atoms with Crippen molar-refractivity contribution in [2.45, 2.75) is 63.6 Å². The first-order chi connectivity index (χ1) is 13.5. The minimum atomic E-state index is 0.0571. The van der Waals surface area contributed by atoms with Crippen LogP contribution >= 0.6 is 0 Å². The van der Waals surface area contributed by atoms with E-state index in [1.807, 2.05) is 0 Å². The number of ether oxygens (including phenoxy) is 3. The van der Waals surface area contributed by atoms with Crippen molar-refractivity contribution in [2.75, 3.05) is 34.9 Å². The zero-order valence-electron chi connectivity index (χ0n) is 17.9. The van der Waals surface area contributed by atoms with Crippen molar-refractivity contribution in [3.05, 3.63) is 17.7 Å². The van der Waals surface area contributed by atoms with Gasteiger partial charge in [0, 0.05) is 30.2 Å². The third kappa shape index (κ3) is 3.93. The lowest BCUT2D eigenvalue weighted by atomic mass is 9.95. The number of hydrogen-bond acceptors (Lipinski definition) is 5. The summed E-state index contributed by atoms with van der Waals surface area (Å²) in [6, 6.07) is 5.03. The molecule has 0 spiro atoms. The molecule has 2 bridgehead atoms. The second-order valence-electron chi connectivity index (χ2n) is 7.94. The molecule has 1 amide bonds. The first-order valence-corrected chi connectivity index (χ1v) is 10.4. The molecule has 1 aromatic carbocycles. The smallest absolute Gasteiger partial charge is 0.254 e. The van der Waals surface area contributed by atoms with Crippen molar-refractivity contribution in [1.29, 1.82) is 0 Å². The van der Waals surface area contributed by atoms with Gasteiger partial charge < -0.3 is 24.0 Å². The van der Waals surface area contributed by atoms with E-state index >= 15 is 0 Å². The van der Waals surface area contributed by atoms with Gasteiger partial charge in [-0.3, -0.25) is 4.79 Å². The number of carbonyl (C=O) groups excluding carboxylic acids is 1. The lowest BCUT2D eigenvalue weighted by molar-refractivity contribution is 0.0480. The van der Waals surface area contributed by atoms with Crippen LogP contribution in [0.3, 0.4) is 0 Å². The van der Waals surface area contributed by atoms with Crippen molar-refractivity contribution in [1.82, 2.24) is 9.80 Å². The van der Waals surface area contributed by atoms with Crippen molar-refractivity contribution in [3.63, 3.8) is 0 Å². The molecule has 2 fully saturated rings. The topological polar surface area (TPSA) is 51.2 Å². The number of methoxy groups -OCH3 is 3. The molecule has 0 aliphatic carbocycles. The second kappa shape index (κ2) is 9.03. The van der Waals surface area contributed by atoms with Crippen LogP contribution in [0.1, 0.15) is 55.8 Å². The number of rotatable bonds is 8. The van der Waals surface area contributed by atoms with Crippen LogP contribution in [-0.2, 0) is 0 Å². The number of piperidine rings is 1. The molecule has 2 aliphatic rings. The summed E-state index contributed by atoms with van der Waals surface area (Å²) in [6.45, 7) is 2.96. The van der Waals surface area contributed by atoms with Crippen LogP contribution in [0.4, 0.5) is 0 Å². The molecule has 1 aromatic rings. The van der Waals surface area contributed by atoms with Gasteiger partial charge in [0.25, 0.3) is 5.91 Å². The van der Waals surface area contributed by atoms with Gasteiger partial charge >= 0.3 is 0 Å². The summed E-state index contributed by atoms with van der Waals surface area (Å²) in [6.07, 6.45) is 6.70. The molecule has 2 saturated heterocycles. The highest BCUT2D eigenvalue weighted by atomic mass is 16.5. The summed E-state index contributed by atoms with van der Waals surface area (Å²) < 4.78 is 16.3. The molecule has 2 heterocycles. The molecule has 0 saturated carbocycles. The molecule has 2 atom stereocenters. The Morgan fingerprint density at radius 3 is 2.11 bits per heavy atom. The number of fused-ring (bicyclic) bond motifs is 2. The average Bonchev–Trinajstić information content (AvgIpc) is 2.93. The minimum Gasteiger partial charge on any atom is -0.493 e. The Hall–Kier alpha value is -1.95. The largest absolute Gasteiger partial charge is 0.493 e. The maximum Gasteiger partial charge on any atom is 0.254 e. The Morgan fingerprint density at radius 2 is 1.64 bits per heavy atom. The van der Waals surface area contributed by atoms with Crippen LogP contribution in [0.15, 0.2) is 12.1 Å². The number of unbranched alkanes of at least 4 members (excludes halogenated alkanes) is 1. The fraction of sp³-hybridized carbons (Fsp3) is 0.682. The van der Waals surface area contributed by atoms with Gasteiger partial charge in [0.1, 0.15) is 0 Å². The highest BCUT2D eigenvalue weighted by Crippen LogP contribution is 2.40. The van der Waals surface area contributed by atoms with Crippen molar-refractivity contribution in [2.24, 2.45) is 0 Å². The maximum atomic E-state index is 13.6. The van der Waals surface area contributed by atoms with Crippen LogP contribution in [-0.4, -0.2) is 68.8 Å². The summed E-state index contributed by atoms with van der Waals surface area (Å²) in [7, 11) is 6.96. The number of benzene rings is 1. The van der Waals surface area contributed by atoms with Crippen LogP contribution < -0.4 is 14.2 Å². The van der Waals surface area contributed by atoms with Crippen LogP contribution in [0.5, 0.6) is 17.2 Å². The molecule has 28 heavy (non-hydrogen) atoms. The number of carbonyl (C=O) groups is 1. The van der Waals surface area contributed by atoms with Gasteiger partial charge in [0.05, 0.1) is 21.3 Å². The summed E-state index contributed by atoms with van der Waals surface area (Å²) in [5, 5.41) is 0. The van der Waals surface area contributed by atoms with E-state index in [2.05, 4.69) is 23.8 Å². The molecule has 0 N–H and O–H groups in total. The van der Waals surface area contributed by atoms with Crippen LogP contribution in [0.2, 0.25) is 0 Å². The van der Waals surface area contributed by atoms with E-state index in [0.717, 1.165) is 32.2 Å². The van der Waals surface area contributed by atoms with Gasteiger partial charge in [-0.1, -0.05) is 13.3 Å². The lowest BCUT2D eigenvalue weighted by Crippen LogP contribution is -2.51. The molecular formula is C22H34N2O4. The van der Waals surface area contributed by atoms with Gasteiger partial charge in [0.15, 0.2) is 11.5 Å². The molecule has 6 nitrogen and oxygen atoms in total. The average molecular weight is 391 g/mol. The zero-order chi connectivity index (χ0) is 20.3. The molecule has 156 valence electrons. The highest BCUT2D eigenvalue weighted by molar-refractivity contribution is 5.96. The predicted molar refractivity (Wildman–Crippen MR) is 110 cm³/mol. The second-order valence-corrected chi connectivity index (χ2v) is 7.94. The van der Waals surface area contributed by atoms with Gasteiger partial charge in [-0.25, -0.2) is 0 Å². The summed E-state index contributed by atoms with van der Waals surface area (Å²) in [4.78, 5) is 18.2. The van der Waals surface area contributed by atoms with E-state index < -0.39 is 0 Å². The Labute approximate surface area is 168 Å². The van der Waals surface area contributed by atoms with E-state index in [0.29, 0.717) is 40.9 Å². The molecule has 3 rings (SSSR count). The molecule has 0 unspecified atom stereocenters. The van der Waals surface area contributed by atoms with Gasteiger partial charge in [-0.15, -0.1) is 0 Å². The monoisotopic (exact) mass is 390 g/mol. The summed E-state index contributed by atoms with van der Waals surface area (Å²) in [5.41, 5.74) is 0.594. The third-order valence-electron chi connectivity index (χ3n) is 6.44. The normalized spacial score (nSPS) is 24.1. The molecular weight excluding hydrogens is 356 g/mol. The highest BCUT2D eigenvalue weighted by Gasteiger charge is 2.41. The summed E-state index contributed by atoms with van der Waals surface area (Å²) >= 11 is 0. The van der Waals surface area contributed by atoms with Crippen LogP contribution in [0, 0.1) is 0 Å². The van der Waals surface area contributed by atoms with E-state index in [4.69, 9.17) is 14.2 Å². The Kier molecular flexibility index (Phi) is 6.70. The molecule has 0 aromatic heterocycles. The SMILES string of the molecule is CCCCN(C(=O)c1cc(OC)c(OC)c(OC)c1)C1C[C@H]2CC[C@H](C1)N2C. The van der Waals surface area contributed by atoms with E-state index in [1.165, 1.54) is 12.8 Å². The fourth-order valence-corrected chi connectivity index (χ4v) is 4.79. The number of nitrogens with zero attached hydrogens (tertiary/aromatic N) is 2. The quantitative estimate of drug-likeness (QED) is 0.679. The van der Waals surface area contributed by atoms with E-state index in [1.54, 1.807) is 33.5 Å². The van der Waals surface area contributed by atoms with Crippen molar-refractivity contribution < 1.29 is 19.0 Å². The number of hydrogen-bond donors (Lipinski definition) is 0.